The molecule has 8 heteroatoms. The fourth-order valence-corrected chi connectivity index (χ4v) is 4.65. The van der Waals surface area contributed by atoms with E-state index in [9.17, 15) is 4.79 Å². The molecular formula is C29H23ClN4O2S. The minimum absolute atomic E-state index is 0.179. The highest BCUT2D eigenvalue weighted by molar-refractivity contribution is 7.99. The largest absolute Gasteiger partial charge is 0.457 e. The number of halogens is 1. The maximum atomic E-state index is 12.5. The molecule has 0 saturated heterocycles. The van der Waals surface area contributed by atoms with E-state index in [-0.39, 0.29) is 11.7 Å². The van der Waals surface area contributed by atoms with Gasteiger partial charge in [0.1, 0.15) is 11.5 Å². The fourth-order valence-electron chi connectivity index (χ4n) is 3.71. The van der Waals surface area contributed by atoms with Crippen molar-refractivity contribution in [2.75, 3.05) is 5.75 Å². The van der Waals surface area contributed by atoms with Crippen molar-refractivity contribution in [2.45, 2.75) is 11.7 Å². The molecule has 6 nitrogen and oxygen atoms in total. The monoisotopic (exact) mass is 526 g/mol. The molecule has 37 heavy (non-hydrogen) atoms. The van der Waals surface area contributed by atoms with E-state index in [1.54, 1.807) is 6.21 Å². The third-order valence-corrected chi connectivity index (χ3v) is 6.67. The summed E-state index contributed by atoms with van der Waals surface area (Å²) in [5.74, 6) is 1.40. The lowest BCUT2D eigenvalue weighted by atomic mass is 10.2. The van der Waals surface area contributed by atoms with E-state index in [1.165, 1.54) is 11.8 Å². The van der Waals surface area contributed by atoms with Gasteiger partial charge in [-0.3, -0.25) is 4.79 Å². The smallest absolute Gasteiger partial charge is 0.250 e. The van der Waals surface area contributed by atoms with E-state index in [0.717, 1.165) is 33.1 Å². The van der Waals surface area contributed by atoms with Gasteiger partial charge in [0.15, 0.2) is 5.16 Å². The molecule has 0 aliphatic carbocycles. The van der Waals surface area contributed by atoms with Crippen molar-refractivity contribution in [1.82, 2.24) is 15.0 Å². The minimum atomic E-state index is -0.219. The summed E-state index contributed by atoms with van der Waals surface area (Å²) in [6.07, 6.45) is 1.59. The third kappa shape index (κ3) is 6.58. The molecule has 1 heterocycles. The summed E-state index contributed by atoms with van der Waals surface area (Å²) in [4.78, 5) is 17.3. The van der Waals surface area contributed by atoms with Crippen LogP contribution in [0.15, 0.2) is 113 Å². The van der Waals surface area contributed by atoms with Crippen LogP contribution in [0.2, 0.25) is 5.02 Å². The number of fused-ring (bicyclic) bond motifs is 1. The Morgan fingerprint density at radius 1 is 0.946 bits per heavy atom. The zero-order valence-corrected chi connectivity index (χ0v) is 21.3. The summed E-state index contributed by atoms with van der Waals surface area (Å²) < 4.78 is 7.96. The molecule has 1 amide bonds. The first-order chi connectivity index (χ1) is 18.1. The van der Waals surface area contributed by atoms with Gasteiger partial charge in [-0.05, 0) is 59.7 Å². The molecule has 4 aromatic carbocycles. The number of rotatable bonds is 9. The molecule has 0 aliphatic heterocycles. The zero-order valence-electron chi connectivity index (χ0n) is 19.8. The SMILES string of the molecule is O=C(CSc1nc2ccccc2n1Cc1ccc(Cl)cc1)N/N=C/c1cccc(Oc2ccccc2)c1. The number of carbonyl (C=O) groups is 1. The number of para-hydroxylation sites is 3. The van der Waals surface area contributed by atoms with Crippen LogP contribution in [0.3, 0.4) is 0 Å². The van der Waals surface area contributed by atoms with Gasteiger partial charge >= 0.3 is 0 Å². The van der Waals surface area contributed by atoms with Crippen LogP contribution < -0.4 is 10.2 Å². The van der Waals surface area contributed by atoms with Gasteiger partial charge < -0.3 is 9.30 Å². The van der Waals surface area contributed by atoms with Crippen LogP contribution in [0.5, 0.6) is 11.5 Å². The Kier molecular flexibility index (Phi) is 7.84. The highest BCUT2D eigenvalue weighted by Crippen LogP contribution is 2.26. The summed E-state index contributed by atoms with van der Waals surface area (Å²) in [7, 11) is 0. The highest BCUT2D eigenvalue weighted by Gasteiger charge is 2.13. The average molecular weight is 527 g/mol. The van der Waals surface area contributed by atoms with Crippen LogP contribution in [-0.4, -0.2) is 27.4 Å². The molecule has 184 valence electrons. The Morgan fingerprint density at radius 2 is 1.70 bits per heavy atom. The first kappa shape index (κ1) is 24.6. The minimum Gasteiger partial charge on any atom is -0.457 e. The zero-order chi connectivity index (χ0) is 25.5. The lowest BCUT2D eigenvalue weighted by Gasteiger charge is -2.09. The molecule has 0 aliphatic rings. The Bertz CT molecular complexity index is 1540. The predicted molar refractivity (Wildman–Crippen MR) is 150 cm³/mol. The van der Waals surface area contributed by atoms with Crippen molar-refractivity contribution in [3.8, 4) is 11.5 Å². The second-order valence-electron chi connectivity index (χ2n) is 8.17. The topological polar surface area (TPSA) is 68.5 Å². The number of amides is 1. The van der Waals surface area contributed by atoms with Crippen molar-refractivity contribution in [2.24, 2.45) is 5.10 Å². The van der Waals surface area contributed by atoms with E-state index < -0.39 is 0 Å². The summed E-state index contributed by atoms with van der Waals surface area (Å²) in [5, 5.41) is 5.57. The number of nitrogens with one attached hydrogen (secondary N) is 1. The molecule has 5 rings (SSSR count). The van der Waals surface area contributed by atoms with Gasteiger partial charge in [0, 0.05) is 5.02 Å². The van der Waals surface area contributed by atoms with Crippen LogP contribution in [0, 0.1) is 0 Å². The van der Waals surface area contributed by atoms with Gasteiger partial charge in [-0.1, -0.05) is 78.0 Å². The number of benzene rings is 4. The quantitative estimate of drug-likeness (QED) is 0.131. The molecule has 5 aromatic rings. The molecule has 1 N–H and O–H groups in total. The maximum absolute atomic E-state index is 12.5. The van der Waals surface area contributed by atoms with Crippen molar-refractivity contribution in [3.05, 3.63) is 119 Å². The number of hydrazone groups is 1. The van der Waals surface area contributed by atoms with Crippen LogP contribution in [0.4, 0.5) is 0 Å². The molecule has 0 bridgehead atoms. The lowest BCUT2D eigenvalue weighted by Crippen LogP contribution is -2.20. The summed E-state index contributed by atoms with van der Waals surface area (Å²) in [6.45, 7) is 0.626. The van der Waals surface area contributed by atoms with E-state index in [4.69, 9.17) is 21.3 Å². The second-order valence-corrected chi connectivity index (χ2v) is 9.54. The summed E-state index contributed by atoms with van der Waals surface area (Å²) in [5.41, 5.74) is 6.40. The number of thioether (sulfide) groups is 1. The molecular weight excluding hydrogens is 504 g/mol. The Balaban J connectivity index is 1.21. The number of nitrogens with zero attached hydrogens (tertiary/aromatic N) is 3. The van der Waals surface area contributed by atoms with Gasteiger partial charge in [-0.2, -0.15) is 5.10 Å². The van der Waals surface area contributed by atoms with Crippen LogP contribution in [0.25, 0.3) is 11.0 Å². The molecule has 0 unspecified atom stereocenters. The van der Waals surface area contributed by atoms with Gasteiger partial charge in [0.2, 0.25) is 0 Å². The third-order valence-electron chi connectivity index (χ3n) is 5.45. The molecule has 0 atom stereocenters. The van der Waals surface area contributed by atoms with Gasteiger partial charge in [-0.25, -0.2) is 10.4 Å². The van der Waals surface area contributed by atoms with E-state index in [2.05, 4.69) is 15.1 Å². The number of carbonyl (C=O) groups excluding carboxylic acids is 1. The van der Waals surface area contributed by atoms with Crippen molar-refractivity contribution < 1.29 is 9.53 Å². The summed E-state index contributed by atoms with van der Waals surface area (Å²) in [6, 6.07) is 32.7. The fraction of sp³-hybridized carbons (Fsp3) is 0.0690. The number of imidazole rings is 1. The maximum Gasteiger partial charge on any atom is 0.250 e. The predicted octanol–water partition coefficient (Wildman–Crippen LogP) is 6.77. The number of hydrogen-bond donors (Lipinski definition) is 1. The van der Waals surface area contributed by atoms with Gasteiger partial charge in [0.05, 0.1) is 29.5 Å². The van der Waals surface area contributed by atoms with Crippen molar-refractivity contribution >= 4 is 46.5 Å². The van der Waals surface area contributed by atoms with Gasteiger partial charge in [-0.15, -0.1) is 0 Å². The number of aromatic nitrogens is 2. The van der Waals surface area contributed by atoms with E-state index in [0.29, 0.717) is 17.3 Å². The summed E-state index contributed by atoms with van der Waals surface area (Å²) >= 11 is 7.41. The normalized spacial score (nSPS) is 11.2. The molecule has 1 aromatic heterocycles. The second kappa shape index (κ2) is 11.8. The first-order valence-corrected chi connectivity index (χ1v) is 13.0. The van der Waals surface area contributed by atoms with E-state index in [1.807, 2.05) is 103 Å². The van der Waals surface area contributed by atoms with Gasteiger partial charge in [0.25, 0.3) is 5.91 Å². The Labute approximate surface area is 223 Å². The Morgan fingerprint density at radius 3 is 2.54 bits per heavy atom. The molecule has 0 saturated carbocycles. The van der Waals surface area contributed by atoms with Crippen molar-refractivity contribution in [3.63, 3.8) is 0 Å². The number of hydrogen-bond acceptors (Lipinski definition) is 5. The average Bonchev–Trinajstić information content (AvgIpc) is 3.27. The molecule has 0 fully saturated rings. The standard InChI is InChI=1S/C29H23ClN4O2S/c30-23-15-13-21(14-16-23)19-34-27-12-5-4-11-26(27)32-29(34)37-20-28(35)33-31-18-22-7-6-10-25(17-22)36-24-8-2-1-3-9-24/h1-18H,19-20H2,(H,33,35)/b31-18+. The Hall–Kier alpha value is -4.07. The lowest BCUT2D eigenvalue weighted by molar-refractivity contribution is -0.118. The first-order valence-electron chi connectivity index (χ1n) is 11.6. The highest BCUT2D eigenvalue weighted by atomic mass is 35.5. The van der Waals surface area contributed by atoms with Crippen LogP contribution in [0.1, 0.15) is 11.1 Å². The molecule has 0 spiro atoms. The molecule has 0 radical (unpaired) electrons. The van der Waals surface area contributed by atoms with Crippen LogP contribution >= 0.6 is 23.4 Å². The van der Waals surface area contributed by atoms with Crippen molar-refractivity contribution in [1.29, 1.82) is 0 Å². The number of ether oxygens (including phenoxy) is 1. The van der Waals surface area contributed by atoms with Crippen LogP contribution in [-0.2, 0) is 11.3 Å². The van der Waals surface area contributed by atoms with E-state index >= 15 is 0 Å².